The molecule has 1 aromatic rings. The second kappa shape index (κ2) is 6.06. The predicted octanol–water partition coefficient (Wildman–Crippen LogP) is 2.28. The number of nitrogens with zero attached hydrogens (tertiary/aromatic N) is 2. The zero-order valence-electron chi connectivity index (χ0n) is 12.2. The van der Waals surface area contributed by atoms with E-state index in [1.54, 1.807) is 0 Å². The van der Waals surface area contributed by atoms with Crippen LogP contribution < -0.4 is 5.73 Å². The Morgan fingerprint density at radius 1 is 1.42 bits per heavy atom. The molecule has 0 spiro atoms. The molecule has 108 valence electrons. The second-order valence-electron chi connectivity index (χ2n) is 6.22. The molecule has 1 heterocycles. The molecule has 0 amide bonds. The van der Waals surface area contributed by atoms with E-state index in [-0.39, 0.29) is 12.5 Å². The van der Waals surface area contributed by atoms with Gasteiger partial charge in [-0.15, -0.1) is 0 Å². The van der Waals surface area contributed by atoms with E-state index in [9.17, 15) is 5.11 Å². The van der Waals surface area contributed by atoms with Crippen LogP contribution in [0.4, 0.5) is 0 Å². The summed E-state index contributed by atoms with van der Waals surface area (Å²) < 4.78 is 2.09. The van der Waals surface area contributed by atoms with Gasteiger partial charge in [0.2, 0.25) is 0 Å². The van der Waals surface area contributed by atoms with Gasteiger partial charge in [-0.25, -0.2) is 0 Å². The highest BCUT2D eigenvalue weighted by Crippen LogP contribution is 2.28. The average Bonchev–Trinajstić information content (AvgIpc) is 2.87. The molecule has 0 bridgehead atoms. The van der Waals surface area contributed by atoms with Crippen molar-refractivity contribution in [3.63, 3.8) is 0 Å². The molecule has 19 heavy (non-hydrogen) atoms. The van der Waals surface area contributed by atoms with E-state index in [4.69, 9.17) is 5.73 Å². The molecule has 0 radical (unpaired) electrons. The third-order valence-corrected chi connectivity index (χ3v) is 4.53. The zero-order chi connectivity index (χ0) is 13.9. The Labute approximate surface area is 116 Å². The van der Waals surface area contributed by atoms with Crippen LogP contribution in [-0.2, 0) is 6.42 Å². The molecule has 1 aliphatic carbocycles. The van der Waals surface area contributed by atoms with Gasteiger partial charge < -0.3 is 10.8 Å². The summed E-state index contributed by atoms with van der Waals surface area (Å²) in [5, 5.41) is 15.1. The van der Waals surface area contributed by atoms with Crippen LogP contribution in [0.5, 0.6) is 0 Å². The van der Waals surface area contributed by atoms with Crippen LogP contribution in [0.3, 0.4) is 0 Å². The van der Waals surface area contributed by atoms with Crippen LogP contribution in [0.2, 0.25) is 0 Å². The lowest BCUT2D eigenvalue weighted by molar-refractivity contribution is 0.00306. The van der Waals surface area contributed by atoms with Gasteiger partial charge >= 0.3 is 0 Å². The van der Waals surface area contributed by atoms with E-state index in [1.165, 1.54) is 32.1 Å². The molecule has 1 atom stereocenters. The van der Waals surface area contributed by atoms with Crippen molar-refractivity contribution >= 4 is 0 Å². The minimum atomic E-state index is -0.842. The van der Waals surface area contributed by atoms with Crippen LogP contribution in [0.25, 0.3) is 0 Å². The molecule has 3 N–H and O–H groups in total. The lowest BCUT2D eigenvalue weighted by Gasteiger charge is -2.30. The monoisotopic (exact) mass is 265 g/mol. The first-order chi connectivity index (χ1) is 9.05. The Kier molecular flexibility index (Phi) is 4.63. The molecule has 2 rings (SSSR count). The SMILES string of the molecule is CC(C)C(O)(CN)Cc1ccn(C2CCCCC2)n1. The first kappa shape index (κ1) is 14.5. The molecular formula is C15H27N3O. The first-order valence-electron chi connectivity index (χ1n) is 7.51. The van der Waals surface area contributed by atoms with E-state index < -0.39 is 5.60 Å². The molecule has 1 aromatic heterocycles. The normalized spacial score (nSPS) is 20.7. The summed E-state index contributed by atoms with van der Waals surface area (Å²) in [5.41, 5.74) is 5.83. The Morgan fingerprint density at radius 3 is 2.68 bits per heavy atom. The summed E-state index contributed by atoms with van der Waals surface area (Å²) in [6.45, 7) is 4.29. The number of hydrogen-bond acceptors (Lipinski definition) is 3. The fraction of sp³-hybridized carbons (Fsp3) is 0.800. The van der Waals surface area contributed by atoms with E-state index >= 15 is 0 Å². The molecule has 0 saturated heterocycles. The summed E-state index contributed by atoms with van der Waals surface area (Å²) in [5.74, 6) is 0.136. The molecule has 0 aromatic carbocycles. The van der Waals surface area contributed by atoms with Crippen LogP contribution in [0, 0.1) is 5.92 Å². The first-order valence-corrected chi connectivity index (χ1v) is 7.51. The highest BCUT2D eigenvalue weighted by atomic mass is 16.3. The smallest absolute Gasteiger partial charge is 0.0847 e. The van der Waals surface area contributed by atoms with Crippen molar-refractivity contribution in [1.82, 2.24) is 9.78 Å². The number of aromatic nitrogens is 2. The molecule has 4 heteroatoms. The molecule has 1 fully saturated rings. The van der Waals surface area contributed by atoms with Gasteiger partial charge in [-0.05, 0) is 24.8 Å². The summed E-state index contributed by atoms with van der Waals surface area (Å²) in [6.07, 6.45) is 9.02. The average molecular weight is 265 g/mol. The predicted molar refractivity (Wildman–Crippen MR) is 76.9 cm³/mol. The minimum Gasteiger partial charge on any atom is -0.388 e. The maximum Gasteiger partial charge on any atom is 0.0847 e. The van der Waals surface area contributed by atoms with Gasteiger partial charge in [-0.1, -0.05) is 33.1 Å². The Balaban J connectivity index is 2.04. The van der Waals surface area contributed by atoms with E-state index in [1.807, 2.05) is 19.9 Å². The van der Waals surface area contributed by atoms with Crippen LogP contribution in [-0.4, -0.2) is 27.0 Å². The highest BCUT2D eigenvalue weighted by molar-refractivity contribution is 5.06. The van der Waals surface area contributed by atoms with Crippen LogP contribution in [0.1, 0.15) is 57.7 Å². The van der Waals surface area contributed by atoms with Crippen LogP contribution >= 0.6 is 0 Å². The number of aliphatic hydroxyl groups is 1. The molecule has 1 unspecified atom stereocenters. The van der Waals surface area contributed by atoms with Crippen molar-refractivity contribution in [2.24, 2.45) is 11.7 Å². The topological polar surface area (TPSA) is 64.1 Å². The quantitative estimate of drug-likeness (QED) is 0.858. The van der Waals surface area contributed by atoms with Crippen molar-refractivity contribution in [3.05, 3.63) is 18.0 Å². The van der Waals surface area contributed by atoms with Gasteiger partial charge in [0.05, 0.1) is 17.3 Å². The molecular weight excluding hydrogens is 238 g/mol. The molecule has 1 aliphatic rings. The Hall–Kier alpha value is -0.870. The van der Waals surface area contributed by atoms with Crippen molar-refractivity contribution in [3.8, 4) is 0 Å². The molecule has 1 saturated carbocycles. The van der Waals surface area contributed by atoms with Crippen molar-refractivity contribution in [2.75, 3.05) is 6.54 Å². The number of rotatable bonds is 5. The molecule has 0 aliphatic heterocycles. The van der Waals surface area contributed by atoms with Gasteiger partial charge in [-0.2, -0.15) is 5.10 Å². The van der Waals surface area contributed by atoms with Gasteiger partial charge in [0.25, 0.3) is 0 Å². The van der Waals surface area contributed by atoms with E-state index in [0.717, 1.165) is 5.69 Å². The maximum atomic E-state index is 10.5. The van der Waals surface area contributed by atoms with Crippen molar-refractivity contribution < 1.29 is 5.11 Å². The maximum absolute atomic E-state index is 10.5. The van der Waals surface area contributed by atoms with Gasteiger partial charge in [0.15, 0.2) is 0 Å². The number of hydrogen-bond donors (Lipinski definition) is 2. The van der Waals surface area contributed by atoms with E-state index in [2.05, 4.69) is 16.0 Å². The van der Waals surface area contributed by atoms with E-state index in [0.29, 0.717) is 12.5 Å². The zero-order valence-corrected chi connectivity index (χ0v) is 12.2. The minimum absolute atomic E-state index is 0.136. The highest BCUT2D eigenvalue weighted by Gasteiger charge is 2.30. The van der Waals surface area contributed by atoms with Crippen molar-refractivity contribution in [2.45, 2.75) is 64.0 Å². The third kappa shape index (κ3) is 3.37. The fourth-order valence-electron chi connectivity index (χ4n) is 2.85. The summed E-state index contributed by atoms with van der Waals surface area (Å²) in [4.78, 5) is 0. The summed E-state index contributed by atoms with van der Waals surface area (Å²) in [6, 6.07) is 2.57. The lowest BCUT2D eigenvalue weighted by Crippen LogP contribution is -2.45. The lowest BCUT2D eigenvalue weighted by atomic mass is 9.86. The summed E-state index contributed by atoms with van der Waals surface area (Å²) in [7, 11) is 0. The van der Waals surface area contributed by atoms with Crippen molar-refractivity contribution in [1.29, 1.82) is 0 Å². The summed E-state index contributed by atoms with van der Waals surface area (Å²) >= 11 is 0. The molecule has 4 nitrogen and oxygen atoms in total. The van der Waals surface area contributed by atoms with Gasteiger partial charge in [0.1, 0.15) is 0 Å². The Morgan fingerprint density at radius 2 is 2.11 bits per heavy atom. The Bertz CT molecular complexity index is 396. The largest absolute Gasteiger partial charge is 0.388 e. The number of nitrogens with two attached hydrogens (primary N) is 1. The fourth-order valence-corrected chi connectivity index (χ4v) is 2.85. The third-order valence-electron chi connectivity index (χ3n) is 4.53. The van der Waals surface area contributed by atoms with Gasteiger partial charge in [0, 0.05) is 19.2 Å². The van der Waals surface area contributed by atoms with Gasteiger partial charge in [-0.3, -0.25) is 4.68 Å². The standard InChI is InChI=1S/C15H27N3O/c1-12(2)15(19,11-16)10-13-8-9-18(17-13)14-6-4-3-5-7-14/h8-9,12,14,19H,3-7,10-11,16H2,1-2H3. The second-order valence-corrected chi connectivity index (χ2v) is 6.22. The van der Waals surface area contributed by atoms with Crippen LogP contribution in [0.15, 0.2) is 12.3 Å².